The minimum Gasteiger partial charge on any atom is -0.368 e. The number of aromatic nitrogens is 4. The Bertz CT molecular complexity index is 439. The van der Waals surface area contributed by atoms with Crippen LogP contribution in [0.1, 0.15) is 5.69 Å². The molecule has 2 aromatic heterocycles. The van der Waals surface area contributed by atoms with Crippen LogP contribution in [0.3, 0.4) is 0 Å². The van der Waals surface area contributed by atoms with Crippen molar-refractivity contribution in [2.75, 3.05) is 5.73 Å². The minimum absolute atomic E-state index is 0.281. The van der Waals surface area contributed by atoms with Crippen molar-refractivity contribution < 1.29 is 0 Å². The summed E-state index contributed by atoms with van der Waals surface area (Å²) in [6, 6.07) is 1.82. The van der Waals surface area contributed by atoms with Gasteiger partial charge in [-0.1, -0.05) is 22.6 Å². The molecule has 0 bridgehead atoms. The van der Waals surface area contributed by atoms with Gasteiger partial charge in [-0.2, -0.15) is 5.10 Å². The third kappa shape index (κ3) is 1.69. The van der Waals surface area contributed by atoms with Crippen LogP contribution in [0.5, 0.6) is 0 Å². The first-order valence-corrected chi connectivity index (χ1v) is 5.51. The van der Waals surface area contributed by atoms with Crippen molar-refractivity contribution in [3.63, 3.8) is 0 Å². The molecule has 2 rings (SSSR count). The van der Waals surface area contributed by atoms with Gasteiger partial charge in [0.2, 0.25) is 5.95 Å². The molecule has 0 aliphatic carbocycles. The van der Waals surface area contributed by atoms with E-state index in [-0.39, 0.29) is 5.95 Å². The van der Waals surface area contributed by atoms with E-state index in [1.807, 2.05) is 6.07 Å². The smallest absolute Gasteiger partial charge is 0.220 e. The summed E-state index contributed by atoms with van der Waals surface area (Å²) in [7, 11) is 0. The Morgan fingerprint density at radius 3 is 3.07 bits per heavy atom. The number of aromatic amines is 1. The Balaban J connectivity index is 2.49. The highest BCUT2D eigenvalue weighted by Crippen LogP contribution is 2.21. The zero-order chi connectivity index (χ0) is 9.97. The van der Waals surface area contributed by atoms with Crippen molar-refractivity contribution in [2.45, 2.75) is 4.43 Å². The molecule has 0 unspecified atom stereocenters. The van der Waals surface area contributed by atoms with Crippen molar-refractivity contribution in [3.8, 4) is 11.3 Å². The number of nitrogen functional groups attached to an aromatic ring is 1. The summed E-state index contributed by atoms with van der Waals surface area (Å²) in [6.45, 7) is 0. The van der Waals surface area contributed by atoms with Gasteiger partial charge >= 0.3 is 0 Å². The second-order valence-corrected chi connectivity index (χ2v) is 3.46. The highest BCUT2D eigenvalue weighted by molar-refractivity contribution is 14.1. The van der Waals surface area contributed by atoms with Gasteiger partial charge in [0, 0.05) is 16.2 Å². The van der Waals surface area contributed by atoms with Crippen LogP contribution in [-0.4, -0.2) is 20.2 Å². The second-order valence-electron chi connectivity index (χ2n) is 2.70. The average Bonchev–Trinajstić information content (AvgIpc) is 2.65. The van der Waals surface area contributed by atoms with Crippen LogP contribution >= 0.6 is 22.6 Å². The van der Waals surface area contributed by atoms with Gasteiger partial charge in [0.15, 0.2) is 0 Å². The maximum absolute atomic E-state index is 5.50. The van der Waals surface area contributed by atoms with Crippen LogP contribution in [0.25, 0.3) is 11.3 Å². The fraction of sp³-hybridized carbons (Fsp3) is 0.125. The lowest BCUT2D eigenvalue weighted by Crippen LogP contribution is -1.95. The molecule has 3 N–H and O–H groups in total. The first-order valence-electron chi connectivity index (χ1n) is 3.98. The number of nitrogens with two attached hydrogens (primary N) is 1. The number of hydrogen-bond acceptors (Lipinski definition) is 4. The van der Waals surface area contributed by atoms with Crippen LogP contribution in [0.2, 0.25) is 0 Å². The lowest BCUT2D eigenvalue weighted by atomic mass is 10.2. The van der Waals surface area contributed by atoms with E-state index in [0.717, 1.165) is 21.4 Å². The van der Waals surface area contributed by atoms with Gasteiger partial charge in [0.25, 0.3) is 0 Å². The van der Waals surface area contributed by atoms with E-state index in [9.17, 15) is 0 Å². The molecule has 2 aromatic rings. The summed E-state index contributed by atoms with van der Waals surface area (Å²) in [5, 5.41) is 6.88. The molecule has 14 heavy (non-hydrogen) atoms. The first-order chi connectivity index (χ1) is 6.81. The molecule has 0 saturated heterocycles. The molecule has 0 atom stereocenters. The van der Waals surface area contributed by atoms with Crippen LogP contribution in [0, 0.1) is 0 Å². The SMILES string of the molecule is Nc1nccc(-c2cn[nH]c2CI)n1. The van der Waals surface area contributed by atoms with Crippen LogP contribution in [0.4, 0.5) is 5.95 Å². The fourth-order valence-corrected chi connectivity index (χ4v) is 1.74. The largest absolute Gasteiger partial charge is 0.368 e. The monoisotopic (exact) mass is 301 g/mol. The molecule has 0 fully saturated rings. The zero-order valence-electron chi connectivity index (χ0n) is 7.24. The summed E-state index contributed by atoms with van der Waals surface area (Å²) in [6.07, 6.45) is 3.39. The first kappa shape index (κ1) is 9.38. The van der Waals surface area contributed by atoms with Crippen LogP contribution < -0.4 is 5.73 Å². The van der Waals surface area contributed by atoms with Crippen molar-refractivity contribution in [1.29, 1.82) is 0 Å². The van der Waals surface area contributed by atoms with Crippen LogP contribution in [0.15, 0.2) is 18.5 Å². The molecule has 0 radical (unpaired) electrons. The van der Waals surface area contributed by atoms with Crippen molar-refractivity contribution in [2.24, 2.45) is 0 Å². The van der Waals surface area contributed by atoms with Gasteiger partial charge in [0.1, 0.15) is 0 Å². The summed E-state index contributed by atoms with van der Waals surface area (Å²) < 4.78 is 0.858. The maximum atomic E-state index is 5.50. The van der Waals surface area contributed by atoms with Crippen molar-refractivity contribution in [3.05, 3.63) is 24.2 Å². The maximum Gasteiger partial charge on any atom is 0.220 e. The van der Waals surface area contributed by atoms with E-state index >= 15 is 0 Å². The summed E-state index contributed by atoms with van der Waals surface area (Å²) >= 11 is 2.27. The highest BCUT2D eigenvalue weighted by Gasteiger charge is 2.07. The topological polar surface area (TPSA) is 80.5 Å². The third-order valence-electron chi connectivity index (χ3n) is 1.80. The zero-order valence-corrected chi connectivity index (χ0v) is 9.39. The molecule has 0 saturated carbocycles. The lowest BCUT2D eigenvalue weighted by molar-refractivity contribution is 1.04. The molecule has 2 heterocycles. The average molecular weight is 301 g/mol. The fourth-order valence-electron chi connectivity index (χ4n) is 1.16. The lowest BCUT2D eigenvalue weighted by Gasteiger charge is -1.99. The van der Waals surface area contributed by atoms with Gasteiger partial charge in [-0.25, -0.2) is 9.97 Å². The Morgan fingerprint density at radius 1 is 1.50 bits per heavy atom. The number of nitrogens with zero attached hydrogens (tertiary/aromatic N) is 3. The summed E-state index contributed by atoms with van der Waals surface area (Å²) in [4.78, 5) is 7.97. The van der Waals surface area contributed by atoms with E-state index in [1.165, 1.54) is 0 Å². The van der Waals surface area contributed by atoms with E-state index in [1.54, 1.807) is 12.4 Å². The molecule has 0 aliphatic rings. The molecular weight excluding hydrogens is 293 g/mol. The van der Waals surface area contributed by atoms with Crippen LogP contribution in [-0.2, 0) is 4.43 Å². The Morgan fingerprint density at radius 2 is 2.36 bits per heavy atom. The Labute approximate surface area is 94.3 Å². The predicted molar refractivity (Wildman–Crippen MR) is 61.8 cm³/mol. The molecular formula is C8H8IN5. The molecule has 0 aromatic carbocycles. The van der Waals surface area contributed by atoms with E-state index in [4.69, 9.17) is 5.73 Å². The molecule has 6 heteroatoms. The molecule has 72 valence electrons. The number of rotatable bonds is 2. The summed E-state index contributed by atoms with van der Waals surface area (Å²) in [5.74, 6) is 0.281. The molecule has 0 amide bonds. The number of nitrogens with one attached hydrogen (secondary N) is 1. The highest BCUT2D eigenvalue weighted by atomic mass is 127. The predicted octanol–water partition coefficient (Wildman–Crippen LogP) is 1.38. The summed E-state index contributed by atoms with van der Waals surface area (Å²) in [5.41, 5.74) is 8.33. The van der Waals surface area contributed by atoms with Crippen molar-refractivity contribution in [1.82, 2.24) is 20.2 Å². The van der Waals surface area contributed by atoms with E-state index < -0.39 is 0 Å². The molecule has 0 spiro atoms. The number of alkyl halides is 1. The number of anilines is 1. The number of hydrogen-bond donors (Lipinski definition) is 2. The molecule has 0 aliphatic heterocycles. The standard InChI is InChI=1S/C8H8IN5/c9-3-7-5(4-12-14-7)6-1-2-11-8(10)13-6/h1-2,4H,3H2,(H,12,14)(H2,10,11,13). The number of halogens is 1. The number of H-pyrrole nitrogens is 1. The second kappa shape index (κ2) is 3.91. The van der Waals surface area contributed by atoms with Gasteiger partial charge in [-0.05, 0) is 6.07 Å². The van der Waals surface area contributed by atoms with Gasteiger partial charge in [-0.15, -0.1) is 0 Å². The Hall–Kier alpha value is -1.18. The normalized spacial score (nSPS) is 10.4. The van der Waals surface area contributed by atoms with E-state index in [0.29, 0.717) is 0 Å². The van der Waals surface area contributed by atoms with Crippen molar-refractivity contribution >= 4 is 28.5 Å². The van der Waals surface area contributed by atoms with Gasteiger partial charge < -0.3 is 5.73 Å². The van der Waals surface area contributed by atoms with Gasteiger partial charge in [0.05, 0.1) is 17.6 Å². The molecule has 5 nitrogen and oxygen atoms in total. The van der Waals surface area contributed by atoms with Gasteiger partial charge in [-0.3, -0.25) is 5.10 Å². The third-order valence-corrected chi connectivity index (χ3v) is 2.56. The van der Waals surface area contributed by atoms with E-state index in [2.05, 4.69) is 42.8 Å². The Kier molecular flexibility index (Phi) is 2.62. The minimum atomic E-state index is 0.281. The quantitative estimate of drug-likeness (QED) is 0.649.